The zero-order valence-electron chi connectivity index (χ0n) is 30.7. The van der Waals surface area contributed by atoms with Crippen LogP contribution in [-0.2, 0) is 0 Å². The molecule has 0 saturated carbocycles. The molecular formula is C51H33N3O2Si. The molecule has 0 radical (unpaired) electrons. The van der Waals surface area contributed by atoms with Crippen LogP contribution in [-0.4, -0.2) is 23.0 Å². The molecule has 0 aliphatic heterocycles. The molecule has 0 N–H and O–H groups in total. The predicted octanol–water partition coefficient (Wildman–Crippen LogP) is 10.0. The van der Waals surface area contributed by atoms with Gasteiger partial charge in [-0.05, 0) is 51.1 Å². The molecule has 11 aromatic rings. The minimum Gasteiger partial charge on any atom is -0.456 e. The zero-order valence-corrected chi connectivity index (χ0v) is 31.7. The van der Waals surface area contributed by atoms with E-state index in [1.165, 1.54) is 20.7 Å². The van der Waals surface area contributed by atoms with Crippen LogP contribution in [0.25, 0.3) is 78.0 Å². The van der Waals surface area contributed by atoms with Crippen molar-refractivity contribution >= 4 is 72.7 Å². The summed E-state index contributed by atoms with van der Waals surface area (Å²) < 4.78 is 12.8. The minimum atomic E-state index is -2.98. The molecule has 0 atom stereocenters. The summed E-state index contributed by atoms with van der Waals surface area (Å²) >= 11 is 0. The van der Waals surface area contributed by atoms with Gasteiger partial charge in [-0.3, -0.25) is 0 Å². The van der Waals surface area contributed by atoms with Crippen molar-refractivity contribution in [3.8, 4) is 34.2 Å². The highest BCUT2D eigenvalue weighted by molar-refractivity contribution is 7.20. The Kier molecular flexibility index (Phi) is 7.76. The van der Waals surface area contributed by atoms with Crippen molar-refractivity contribution in [3.63, 3.8) is 0 Å². The first kappa shape index (κ1) is 33.0. The molecule has 0 amide bonds. The number of fused-ring (bicyclic) bond motifs is 6. The highest BCUT2D eigenvalue weighted by atomic mass is 28.3. The summed E-state index contributed by atoms with van der Waals surface area (Å²) in [4.78, 5) is 15.4. The number of aromatic nitrogens is 3. The van der Waals surface area contributed by atoms with E-state index in [-0.39, 0.29) is 0 Å². The number of para-hydroxylation sites is 2. The van der Waals surface area contributed by atoms with Gasteiger partial charge in [0.05, 0.1) is 0 Å². The third-order valence-corrected chi connectivity index (χ3v) is 15.8. The lowest BCUT2D eigenvalue weighted by Gasteiger charge is -2.34. The van der Waals surface area contributed by atoms with Gasteiger partial charge >= 0.3 is 0 Å². The van der Waals surface area contributed by atoms with Crippen LogP contribution >= 0.6 is 0 Å². The van der Waals surface area contributed by atoms with E-state index in [2.05, 4.69) is 133 Å². The van der Waals surface area contributed by atoms with Gasteiger partial charge in [0.15, 0.2) is 25.5 Å². The van der Waals surface area contributed by atoms with Crippen LogP contribution in [0.15, 0.2) is 209 Å². The van der Waals surface area contributed by atoms with Crippen LogP contribution in [0, 0.1) is 0 Å². The summed E-state index contributed by atoms with van der Waals surface area (Å²) in [6.45, 7) is 0. The average Bonchev–Trinajstić information content (AvgIpc) is 3.85. The van der Waals surface area contributed by atoms with Gasteiger partial charge in [0, 0.05) is 38.2 Å². The van der Waals surface area contributed by atoms with Crippen molar-refractivity contribution in [1.82, 2.24) is 15.0 Å². The Morgan fingerprint density at radius 3 is 1.32 bits per heavy atom. The SMILES string of the molecule is c1ccc(-c2nc(-c3cccc([Si](c4ccccc4)(c4ccccc4)c4ccc5c(c4)oc4ccccc45)c3)nc(-c3ccc4c(c3)oc3ccccc34)n2)cc1. The molecule has 0 aliphatic rings. The van der Waals surface area contributed by atoms with E-state index < -0.39 is 8.07 Å². The molecule has 57 heavy (non-hydrogen) atoms. The normalized spacial score (nSPS) is 11.9. The Morgan fingerprint density at radius 1 is 0.281 bits per heavy atom. The topological polar surface area (TPSA) is 65.0 Å². The largest absolute Gasteiger partial charge is 0.456 e. The molecule has 0 aliphatic carbocycles. The van der Waals surface area contributed by atoms with Crippen LogP contribution in [0.4, 0.5) is 0 Å². The first-order chi connectivity index (χ1) is 28.2. The van der Waals surface area contributed by atoms with Gasteiger partial charge in [-0.2, -0.15) is 0 Å². The molecule has 11 rings (SSSR count). The molecule has 0 bridgehead atoms. The quantitative estimate of drug-likeness (QED) is 0.120. The Balaban J connectivity index is 1.14. The molecule has 3 heterocycles. The van der Waals surface area contributed by atoms with E-state index in [1.54, 1.807) is 0 Å². The first-order valence-corrected chi connectivity index (χ1v) is 21.1. The van der Waals surface area contributed by atoms with Gasteiger partial charge < -0.3 is 8.83 Å². The van der Waals surface area contributed by atoms with E-state index >= 15 is 0 Å². The van der Waals surface area contributed by atoms with Crippen LogP contribution in [0.3, 0.4) is 0 Å². The van der Waals surface area contributed by atoms with E-state index in [9.17, 15) is 0 Å². The first-order valence-electron chi connectivity index (χ1n) is 19.1. The highest BCUT2D eigenvalue weighted by Crippen LogP contribution is 2.33. The summed E-state index contributed by atoms with van der Waals surface area (Å²) in [5.41, 5.74) is 6.09. The van der Waals surface area contributed by atoms with Gasteiger partial charge in [0.25, 0.3) is 0 Å². The van der Waals surface area contributed by atoms with Gasteiger partial charge in [-0.15, -0.1) is 0 Å². The molecule has 0 saturated heterocycles. The Hall–Kier alpha value is -7.41. The monoisotopic (exact) mass is 747 g/mol. The van der Waals surface area contributed by atoms with Gasteiger partial charge in [0.1, 0.15) is 22.3 Å². The molecular weight excluding hydrogens is 715 g/mol. The lowest BCUT2D eigenvalue weighted by atomic mass is 10.1. The fourth-order valence-corrected chi connectivity index (χ4v) is 13.2. The van der Waals surface area contributed by atoms with Gasteiger partial charge in [-0.25, -0.2) is 15.0 Å². The maximum atomic E-state index is 6.53. The van der Waals surface area contributed by atoms with Gasteiger partial charge in [-0.1, -0.05) is 170 Å². The molecule has 0 unspecified atom stereocenters. The summed E-state index contributed by atoms with van der Waals surface area (Å²) in [5.74, 6) is 1.79. The van der Waals surface area contributed by atoms with Crippen LogP contribution in [0.2, 0.25) is 0 Å². The second-order valence-electron chi connectivity index (χ2n) is 14.4. The van der Waals surface area contributed by atoms with Crippen LogP contribution in [0.1, 0.15) is 0 Å². The number of furan rings is 2. The molecule has 5 nitrogen and oxygen atoms in total. The molecule has 0 spiro atoms. The van der Waals surface area contributed by atoms with Crippen molar-refractivity contribution in [2.45, 2.75) is 0 Å². The fraction of sp³-hybridized carbons (Fsp3) is 0. The summed E-state index contributed by atoms with van der Waals surface area (Å²) in [6.07, 6.45) is 0. The molecule has 0 fully saturated rings. The fourth-order valence-electron chi connectivity index (χ4n) is 8.44. The Morgan fingerprint density at radius 2 is 0.702 bits per heavy atom. The van der Waals surface area contributed by atoms with E-state index in [1.807, 2.05) is 66.7 Å². The molecule has 268 valence electrons. The number of benzene rings is 8. The van der Waals surface area contributed by atoms with Crippen LogP contribution in [0.5, 0.6) is 0 Å². The zero-order chi connectivity index (χ0) is 37.8. The smallest absolute Gasteiger partial charge is 0.179 e. The summed E-state index contributed by atoms with van der Waals surface area (Å²) in [6, 6.07) is 70.2. The second-order valence-corrected chi connectivity index (χ2v) is 18.2. The second kappa shape index (κ2) is 13.4. The number of rotatable bonds is 7. The third-order valence-electron chi connectivity index (χ3n) is 11.1. The summed E-state index contributed by atoms with van der Waals surface area (Å²) in [7, 11) is -2.98. The van der Waals surface area contributed by atoms with Crippen molar-refractivity contribution in [2.24, 2.45) is 0 Å². The van der Waals surface area contributed by atoms with E-state index in [4.69, 9.17) is 23.8 Å². The van der Waals surface area contributed by atoms with Crippen molar-refractivity contribution in [2.75, 3.05) is 0 Å². The van der Waals surface area contributed by atoms with Crippen LogP contribution < -0.4 is 20.7 Å². The summed E-state index contributed by atoms with van der Waals surface area (Å²) in [5, 5.41) is 9.34. The molecule has 8 aromatic carbocycles. The standard InChI is InChI=1S/C51H33N3O2Si/c1-4-15-34(16-5-1)49-52-50(54-51(53-49)36-27-29-43-41-23-10-12-25-45(41)55-47(43)32-36)35-17-14-22-39(31-35)57(37-18-6-2-7-19-37,38-20-8-3-9-21-38)40-28-30-44-42-24-11-13-26-46(42)56-48(44)33-40/h1-33H. The number of hydrogen-bond acceptors (Lipinski definition) is 5. The Labute approximate surface area is 329 Å². The lowest BCUT2D eigenvalue weighted by molar-refractivity contribution is 0.668. The predicted molar refractivity (Wildman–Crippen MR) is 234 cm³/mol. The highest BCUT2D eigenvalue weighted by Gasteiger charge is 2.42. The lowest BCUT2D eigenvalue weighted by Crippen LogP contribution is -2.74. The van der Waals surface area contributed by atoms with Crippen molar-refractivity contribution < 1.29 is 8.83 Å². The maximum Gasteiger partial charge on any atom is 0.179 e. The van der Waals surface area contributed by atoms with E-state index in [0.29, 0.717) is 17.5 Å². The Bertz CT molecular complexity index is 3210. The molecule has 6 heteroatoms. The average molecular weight is 748 g/mol. The van der Waals surface area contributed by atoms with Crippen molar-refractivity contribution in [1.29, 1.82) is 0 Å². The van der Waals surface area contributed by atoms with Gasteiger partial charge in [0.2, 0.25) is 0 Å². The van der Waals surface area contributed by atoms with E-state index in [0.717, 1.165) is 60.6 Å². The minimum absolute atomic E-state index is 0.580. The molecule has 3 aromatic heterocycles. The number of nitrogens with zero attached hydrogens (tertiary/aromatic N) is 3. The third kappa shape index (κ3) is 5.49. The maximum absolute atomic E-state index is 6.53. The van der Waals surface area contributed by atoms with Crippen molar-refractivity contribution in [3.05, 3.63) is 200 Å². The number of hydrogen-bond donors (Lipinski definition) is 0.